The maximum Gasteiger partial charge on any atom is 0.336 e. The molecule has 0 aromatic carbocycles. The maximum absolute atomic E-state index is 11.4. The van der Waals surface area contributed by atoms with Gasteiger partial charge in [0.05, 0.1) is 19.4 Å². The molecule has 0 aliphatic heterocycles. The molecule has 1 atom stereocenters. The Labute approximate surface area is 122 Å². The summed E-state index contributed by atoms with van der Waals surface area (Å²) < 4.78 is 4.79. The van der Waals surface area contributed by atoms with Gasteiger partial charge in [-0.2, -0.15) is 0 Å². The van der Waals surface area contributed by atoms with Gasteiger partial charge in [0.1, 0.15) is 0 Å². The van der Waals surface area contributed by atoms with Gasteiger partial charge in [-0.1, -0.05) is 32.6 Å². The van der Waals surface area contributed by atoms with Crippen molar-refractivity contribution in [1.82, 2.24) is 0 Å². The molecule has 0 heterocycles. The lowest BCUT2D eigenvalue weighted by molar-refractivity contribution is -0.172. The highest BCUT2D eigenvalue weighted by Crippen LogP contribution is 2.17. The maximum atomic E-state index is 11.4. The number of esters is 1. The molecule has 0 saturated carbocycles. The molecule has 124 valence electrons. The van der Waals surface area contributed by atoms with Crippen molar-refractivity contribution < 1.29 is 39.1 Å². The molecular weight excluding hydrogens is 287 g/mol. The average molecular weight is 310 g/mol. The van der Waals surface area contributed by atoms with Crippen molar-refractivity contribution in [3.63, 3.8) is 0 Å². The zero-order chi connectivity index (χ0) is 15.6. The average Bonchev–Trinajstić information content (AvgIpc) is 2.32. The van der Waals surface area contributed by atoms with Gasteiger partial charge in [0, 0.05) is 0 Å². The third-order valence-electron chi connectivity index (χ3n) is 2.79. The van der Waals surface area contributed by atoms with Crippen LogP contribution in [-0.2, 0) is 19.1 Å². The molecule has 0 aliphatic carbocycles. The van der Waals surface area contributed by atoms with E-state index in [9.17, 15) is 19.5 Å². The fraction of sp³-hybridized carbons (Fsp3) is 0.769. The largest absolute Gasteiger partial charge is 0.481 e. The molecule has 0 fully saturated rings. The minimum atomic E-state index is -2.62. The van der Waals surface area contributed by atoms with Gasteiger partial charge in [-0.3, -0.25) is 14.3 Å². The number of aliphatic hydroxyl groups is 1. The highest BCUT2D eigenvalue weighted by atomic mass is 19.0. The smallest absolute Gasteiger partial charge is 0.336 e. The summed E-state index contributed by atoms with van der Waals surface area (Å²) in [7, 11) is 0. The van der Waals surface area contributed by atoms with Gasteiger partial charge in [-0.25, -0.2) is 4.79 Å². The van der Waals surface area contributed by atoms with Crippen LogP contribution in [-0.4, -0.2) is 45.4 Å². The van der Waals surface area contributed by atoms with Crippen molar-refractivity contribution in [2.45, 2.75) is 57.5 Å². The molecule has 0 radical (unpaired) electrons. The topological polar surface area (TPSA) is 121 Å². The monoisotopic (exact) mass is 310 g/mol. The Morgan fingerprint density at radius 1 is 1.00 bits per heavy atom. The van der Waals surface area contributed by atoms with Gasteiger partial charge < -0.3 is 20.1 Å². The van der Waals surface area contributed by atoms with Crippen LogP contribution in [0.2, 0.25) is 0 Å². The number of hydrogen-bond acceptors (Lipinski definition) is 5. The van der Waals surface area contributed by atoms with Gasteiger partial charge in [0.25, 0.3) is 0 Å². The summed E-state index contributed by atoms with van der Waals surface area (Å²) in [5.41, 5.74) is -2.62. The van der Waals surface area contributed by atoms with Crippen LogP contribution < -0.4 is 0 Å². The molecule has 7 nitrogen and oxygen atoms in total. The lowest BCUT2D eigenvalue weighted by atomic mass is 9.96. The Kier molecular flexibility index (Phi) is 11.3. The first-order chi connectivity index (χ1) is 9.31. The molecule has 0 rings (SSSR count). The van der Waals surface area contributed by atoms with Gasteiger partial charge in [0.15, 0.2) is 5.60 Å². The van der Waals surface area contributed by atoms with Gasteiger partial charge in [0.2, 0.25) is 0 Å². The molecular formula is C13H23FO7. The van der Waals surface area contributed by atoms with E-state index in [-0.39, 0.29) is 11.3 Å². The van der Waals surface area contributed by atoms with Crippen LogP contribution in [0.4, 0.5) is 4.70 Å². The lowest BCUT2D eigenvalue weighted by Crippen LogP contribution is -2.43. The van der Waals surface area contributed by atoms with E-state index in [0.29, 0.717) is 6.42 Å². The summed E-state index contributed by atoms with van der Waals surface area (Å²) in [6, 6.07) is 0. The van der Waals surface area contributed by atoms with Crippen LogP contribution >= 0.6 is 0 Å². The fourth-order valence-corrected chi connectivity index (χ4v) is 1.65. The predicted octanol–water partition coefficient (Wildman–Crippen LogP) is 1.33. The Morgan fingerprint density at radius 3 is 2.05 bits per heavy atom. The van der Waals surface area contributed by atoms with Gasteiger partial charge in [-0.15, -0.1) is 0 Å². The number of carboxylic acids is 2. The first kappa shape index (κ1) is 21.6. The zero-order valence-electron chi connectivity index (χ0n) is 12.0. The standard InChI is InChI=1S/C13H22O7.FH/c1-2-3-4-5-6-7-20-11(16)9-13(19,12(17)18)8-10(14)15;/h19H,2-9H2,1H3,(H,14,15)(H,17,18);1H. The molecule has 0 spiro atoms. The van der Waals surface area contributed by atoms with E-state index in [2.05, 4.69) is 6.92 Å². The number of rotatable bonds is 11. The molecule has 0 aromatic heterocycles. The van der Waals surface area contributed by atoms with E-state index in [0.717, 1.165) is 25.7 Å². The summed E-state index contributed by atoms with van der Waals surface area (Å²) in [6.45, 7) is 2.22. The van der Waals surface area contributed by atoms with Crippen molar-refractivity contribution in [3.8, 4) is 0 Å². The van der Waals surface area contributed by atoms with Crippen LogP contribution in [0.5, 0.6) is 0 Å². The summed E-state index contributed by atoms with van der Waals surface area (Å²) in [4.78, 5) is 32.7. The van der Waals surface area contributed by atoms with Crippen LogP contribution in [0, 0.1) is 0 Å². The molecule has 0 saturated heterocycles. The molecule has 1 unspecified atom stereocenters. The number of hydrogen-bond donors (Lipinski definition) is 3. The number of unbranched alkanes of at least 4 members (excludes halogenated alkanes) is 4. The number of aliphatic carboxylic acids is 2. The van der Waals surface area contributed by atoms with Crippen LogP contribution in [0.3, 0.4) is 0 Å². The Bertz CT molecular complexity index is 345. The number of ether oxygens (including phenoxy) is 1. The van der Waals surface area contributed by atoms with Crippen molar-refractivity contribution in [2.24, 2.45) is 0 Å². The molecule has 21 heavy (non-hydrogen) atoms. The lowest BCUT2D eigenvalue weighted by Gasteiger charge is -2.20. The molecule has 0 aromatic rings. The number of halogens is 1. The van der Waals surface area contributed by atoms with E-state index in [1.165, 1.54) is 0 Å². The minimum Gasteiger partial charge on any atom is -0.481 e. The van der Waals surface area contributed by atoms with Gasteiger partial charge >= 0.3 is 17.9 Å². The summed E-state index contributed by atoms with van der Waals surface area (Å²) in [6.07, 6.45) is 2.88. The summed E-state index contributed by atoms with van der Waals surface area (Å²) in [5.74, 6) is -4.16. The number of carboxylic acid groups (broad SMARTS) is 2. The number of carbonyl (C=O) groups excluding carboxylic acids is 1. The first-order valence-electron chi connectivity index (χ1n) is 6.65. The Morgan fingerprint density at radius 2 is 1.57 bits per heavy atom. The highest BCUT2D eigenvalue weighted by Gasteiger charge is 2.41. The summed E-state index contributed by atoms with van der Waals surface area (Å²) in [5, 5.41) is 26.9. The molecule has 3 N–H and O–H groups in total. The molecule has 0 aliphatic rings. The van der Waals surface area contributed by atoms with Crippen molar-refractivity contribution in [2.75, 3.05) is 6.61 Å². The fourth-order valence-electron chi connectivity index (χ4n) is 1.65. The number of carbonyl (C=O) groups is 3. The second kappa shape index (κ2) is 11.0. The van der Waals surface area contributed by atoms with E-state index in [1.807, 2.05) is 0 Å². The zero-order valence-corrected chi connectivity index (χ0v) is 12.0. The van der Waals surface area contributed by atoms with Crippen LogP contribution in [0.25, 0.3) is 0 Å². The normalized spacial score (nSPS) is 12.9. The third kappa shape index (κ3) is 9.78. The second-order valence-corrected chi connectivity index (χ2v) is 4.72. The highest BCUT2D eigenvalue weighted by molar-refractivity contribution is 5.88. The third-order valence-corrected chi connectivity index (χ3v) is 2.79. The quantitative estimate of drug-likeness (QED) is 0.389. The summed E-state index contributed by atoms with van der Waals surface area (Å²) >= 11 is 0. The van der Waals surface area contributed by atoms with E-state index in [4.69, 9.17) is 14.9 Å². The van der Waals surface area contributed by atoms with Crippen LogP contribution in [0.1, 0.15) is 51.9 Å². The van der Waals surface area contributed by atoms with Gasteiger partial charge in [-0.05, 0) is 6.42 Å². The molecule has 0 amide bonds. The van der Waals surface area contributed by atoms with Crippen LogP contribution in [0.15, 0.2) is 0 Å². The Balaban J connectivity index is 0. The van der Waals surface area contributed by atoms with Crippen molar-refractivity contribution in [1.29, 1.82) is 0 Å². The minimum absolute atomic E-state index is 0. The molecule has 0 bridgehead atoms. The first-order valence-corrected chi connectivity index (χ1v) is 6.65. The predicted molar refractivity (Wildman–Crippen MR) is 71.7 cm³/mol. The van der Waals surface area contributed by atoms with E-state index in [1.54, 1.807) is 0 Å². The van der Waals surface area contributed by atoms with E-state index >= 15 is 0 Å². The van der Waals surface area contributed by atoms with Crippen molar-refractivity contribution in [3.05, 3.63) is 0 Å². The molecule has 8 heteroatoms. The van der Waals surface area contributed by atoms with Crippen molar-refractivity contribution >= 4 is 17.9 Å². The van der Waals surface area contributed by atoms with E-state index < -0.39 is 36.4 Å². The second-order valence-electron chi connectivity index (χ2n) is 4.72. The SMILES string of the molecule is CCCCCCCOC(=O)CC(O)(CC(=O)O)C(=O)O.F. The Hall–Kier alpha value is -1.70.